The van der Waals surface area contributed by atoms with E-state index >= 15 is 0 Å². The Bertz CT molecular complexity index is 231. The molecular weight excluding hydrogens is 236 g/mol. The minimum absolute atomic E-state index is 0.0213. The van der Waals surface area contributed by atoms with Crippen molar-refractivity contribution in [3.63, 3.8) is 0 Å². The van der Waals surface area contributed by atoms with Crippen LogP contribution in [0.25, 0.3) is 0 Å². The first-order valence-electron chi connectivity index (χ1n) is 8.43. The molecule has 0 aromatic heterocycles. The van der Waals surface area contributed by atoms with E-state index in [1.165, 1.54) is 64.2 Å². The van der Waals surface area contributed by atoms with E-state index in [1.54, 1.807) is 0 Å². The van der Waals surface area contributed by atoms with Gasteiger partial charge in [-0.1, -0.05) is 58.3 Å². The third-order valence-electron chi connectivity index (χ3n) is 4.37. The Hall–Kier alpha value is -0.530. The molecule has 1 fully saturated rings. The number of carbonyl (C=O) groups excluding carboxylic acids is 1. The Labute approximate surface area is 119 Å². The summed E-state index contributed by atoms with van der Waals surface area (Å²) in [6.07, 6.45) is 14.6. The smallest absolute Gasteiger partial charge is 0.306 e. The van der Waals surface area contributed by atoms with E-state index in [0.717, 1.165) is 6.42 Å². The summed E-state index contributed by atoms with van der Waals surface area (Å²) in [4.78, 5) is 11.7. The third-order valence-corrected chi connectivity index (χ3v) is 4.37. The quantitative estimate of drug-likeness (QED) is 0.399. The molecule has 1 aliphatic carbocycles. The predicted molar refractivity (Wildman–Crippen MR) is 80.1 cm³/mol. The van der Waals surface area contributed by atoms with Gasteiger partial charge in [0.1, 0.15) is 6.10 Å². The second-order valence-electron chi connectivity index (χ2n) is 6.11. The van der Waals surface area contributed by atoms with E-state index < -0.39 is 0 Å². The number of hydrogen-bond donors (Lipinski definition) is 0. The fraction of sp³-hybridized carbons (Fsp3) is 0.941. The van der Waals surface area contributed by atoms with Crippen LogP contribution in [-0.2, 0) is 9.53 Å². The Morgan fingerprint density at radius 3 is 2.26 bits per heavy atom. The van der Waals surface area contributed by atoms with Crippen LogP contribution in [-0.4, -0.2) is 12.1 Å². The maximum atomic E-state index is 11.7. The lowest BCUT2D eigenvalue weighted by Crippen LogP contribution is -2.22. The van der Waals surface area contributed by atoms with Crippen LogP contribution in [0.3, 0.4) is 0 Å². The summed E-state index contributed by atoms with van der Waals surface area (Å²) >= 11 is 0. The van der Waals surface area contributed by atoms with Crippen molar-refractivity contribution in [1.82, 2.24) is 0 Å². The molecule has 19 heavy (non-hydrogen) atoms. The van der Waals surface area contributed by atoms with E-state index in [-0.39, 0.29) is 12.1 Å². The van der Waals surface area contributed by atoms with Gasteiger partial charge in [-0.2, -0.15) is 0 Å². The summed E-state index contributed by atoms with van der Waals surface area (Å²) in [7, 11) is 0. The summed E-state index contributed by atoms with van der Waals surface area (Å²) in [5, 5.41) is 0. The largest absolute Gasteiger partial charge is 0.462 e. The van der Waals surface area contributed by atoms with Crippen molar-refractivity contribution in [3.05, 3.63) is 0 Å². The summed E-state index contributed by atoms with van der Waals surface area (Å²) < 4.78 is 5.54. The molecule has 1 saturated carbocycles. The molecule has 0 amide bonds. The average molecular weight is 268 g/mol. The van der Waals surface area contributed by atoms with Crippen molar-refractivity contribution in [2.75, 3.05) is 0 Å². The van der Waals surface area contributed by atoms with Crippen molar-refractivity contribution in [1.29, 1.82) is 0 Å². The van der Waals surface area contributed by atoms with Gasteiger partial charge < -0.3 is 4.74 Å². The molecule has 0 bridgehead atoms. The van der Waals surface area contributed by atoms with E-state index in [0.29, 0.717) is 12.3 Å². The van der Waals surface area contributed by atoms with Crippen molar-refractivity contribution < 1.29 is 9.53 Å². The molecular formula is C17H32O2. The standard InChI is InChI=1S/C17H32O2/c1-3-4-5-6-7-8-9-14-17(18)19-15(2)16-12-10-11-13-16/h15-16H,3-14H2,1-2H3. The number of ether oxygens (including phenoxy) is 1. The topological polar surface area (TPSA) is 26.3 Å². The van der Waals surface area contributed by atoms with Crippen LogP contribution in [0.4, 0.5) is 0 Å². The first-order valence-corrected chi connectivity index (χ1v) is 8.43. The zero-order valence-corrected chi connectivity index (χ0v) is 13.0. The molecule has 1 unspecified atom stereocenters. The highest BCUT2D eigenvalue weighted by Gasteiger charge is 2.24. The fourth-order valence-electron chi connectivity index (χ4n) is 3.02. The first-order chi connectivity index (χ1) is 9.24. The lowest BCUT2D eigenvalue weighted by atomic mass is 10.0. The monoisotopic (exact) mass is 268 g/mol. The van der Waals surface area contributed by atoms with Crippen LogP contribution in [0.1, 0.15) is 90.9 Å². The van der Waals surface area contributed by atoms with Gasteiger partial charge in [-0.3, -0.25) is 4.79 Å². The summed E-state index contributed by atoms with van der Waals surface area (Å²) in [5.41, 5.74) is 0. The number of carbonyl (C=O) groups is 1. The van der Waals surface area contributed by atoms with Gasteiger partial charge in [0.05, 0.1) is 0 Å². The van der Waals surface area contributed by atoms with Gasteiger partial charge in [0, 0.05) is 6.42 Å². The number of unbranched alkanes of at least 4 members (excludes halogenated alkanes) is 6. The molecule has 0 aromatic rings. The van der Waals surface area contributed by atoms with Crippen LogP contribution < -0.4 is 0 Å². The Balaban J connectivity index is 1.95. The van der Waals surface area contributed by atoms with E-state index in [2.05, 4.69) is 13.8 Å². The van der Waals surface area contributed by atoms with Gasteiger partial charge in [-0.05, 0) is 32.1 Å². The number of rotatable bonds is 10. The van der Waals surface area contributed by atoms with Crippen LogP contribution in [0.2, 0.25) is 0 Å². The molecule has 0 aromatic carbocycles. The number of esters is 1. The van der Waals surface area contributed by atoms with Crippen LogP contribution in [0, 0.1) is 5.92 Å². The molecule has 1 atom stereocenters. The van der Waals surface area contributed by atoms with Crippen molar-refractivity contribution in [2.24, 2.45) is 5.92 Å². The molecule has 2 heteroatoms. The molecule has 1 aliphatic rings. The Morgan fingerprint density at radius 2 is 1.63 bits per heavy atom. The summed E-state index contributed by atoms with van der Waals surface area (Å²) in [6, 6.07) is 0. The maximum absolute atomic E-state index is 11.7. The number of hydrogen-bond acceptors (Lipinski definition) is 2. The second-order valence-corrected chi connectivity index (χ2v) is 6.11. The maximum Gasteiger partial charge on any atom is 0.306 e. The zero-order chi connectivity index (χ0) is 13.9. The normalized spacial score (nSPS) is 17.6. The summed E-state index contributed by atoms with van der Waals surface area (Å²) in [6.45, 7) is 4.31. The molecule has 0 spiro atoms. The van der Waals surface area contributed by atoms with Crippen molar-refractivity contribution in [3.8, 4) is 0 Å². The molecule has 0 radical (unpaired) electrons. The SMILES string of the molecule is CCCCCCCCCC(=O)OC(C)C1CCCC1. The van der Waals surface area contributed by atoms with Gasteiger partial charge in [-0.15, -0.1) is 0 Å². The second kappa shape index (κ2) is 10.3. The van der Waals surface area contributed by atoms with Crippen LogP contribution in [0.5, 0.6) is 0 Å². The van der Waals surface area contributed by atoms with Crippen LogP contribution in [0.15, 0.2) is 0 Å². The van der Waals surface area contributed by atoms with E-state index in [1.807, 2.05) is 0 Å². The molecule has 1 rings (SSSR count). The van der Waals surface area contributed by atoms with Crippen molar-refractivity contribution >= 4 is 5.97 Å². The first kappa shape index (κ1) is 16.5. The third kappa shape index (κ3) is 7.59. The highest BCUT2D eigenvalue weighted by Crippen LogP contribution is 2.29. The van der Waals surface area contributed by atoms with Gasteiger partial charge in [-0.25, -0.2) is 0 Å². The highest BCUT2D eigenvalue weighted by atomic mass is 16.5. The highest BCUT2D eigenvalue weighted by molar-refractivity contribution is 5.69. The van der Waals surface area contributed by atoms with Crippen molar-refractivity contribution in [2.45, 2.75) is 97.0 Å². The minimum Gasteiger partial charge on any atom is -0.462 e. The molecule has 112 valence electrons. The van der Waals surface area contributed by atoms with E-state index in [4.69, 9.17) is 4.74 Å². The van der Waals surface area contributed by atoms with Crippen LogP contribution >= 0.6 is 0 Å². The Morgan fingerprint density at radius 1 is 1.05 bits per heavy atom. The Kier molecular flexibility index (Phi) is 8.94. The van der Waals surface area contributed by atoms with Gasteiger partial charge in [0.15, 0.2) is 0 Å². The lowest BCUT2D eigenvalue weighted by Gasteiger charge is -2.19. The van der Waals surface area contributed by atoms with Gasteiger partial charge >= 0.3 is 5.97 Å². The zero-order valence-electron chi connectivity index (χ0n) is 13.0. The molecule has 0 heterocycles. The van der Waals surface area contributed by atoms with E-state index in [9.17, 15) is 4.79 Å². The minimum atomic E-state index is 0.0213. The molecule has 2 nitrogen and oxygen atoms in total. The molecule has 0 N–H and O–H groups in total. The average Bonchev–Trinajstić information content (AvgIpc) is 2.91. The predicted octanol–water partition coefficient (Wildman–Crippen LogP) is 5.25. The molecule has 0 saturated heterocycles. The fourth-order valence-corrected chi connectivity index (χ4v) is 3.02. The van der Waals surface area contributed by atoms with Gasteiger partial charge in [0.25, 0.3) is 0 Å². The van der Waals surface area contributed by atoms with Gasteiger partial charge in [0.2, 0.25) is 0 Å². The lowest BCUT2D eigenvalue weighted by molar-refractivity contribution is -0.150. The molecule has 0 aliphatic heterocycles. The summed E-state index contributed by atoms with van der Waals surface area (Å²) in [5.74, 6) is 0.644.